The van der Waals surface area contributed by atoms with E-state index in [-0.39, 0.29) is 26.8 Å². The van der Waals surface area contributed by atoms with Gasteiger partial charge in [0.2, 0.25) is 5.78 Å². The Kier molecular flexibility index (Phi) is 6.93. The van der Waals surface area contributed by atoms with Crippen LogP contribution in [-0.4, -0.2) is 41.0 Å². The van der Waals surface area contributed by atoms with Crippen LogP contribution >= 0.6 is 11.3 Å². The predicted octanol–water partition coefficient (Wildman–Crippen LogP) is 3.61. The summed E-state index contributed by atoms with van der Waals surface area (Å²) in [5.41, 5.74) is 0.260. The Morgan fingerprint density at radius 2 is 1.74 bits per heavy atom. The number of methoxy groups -OCH3 is 2. The van der Waals surface area contributed by atoms with Crippen LogP contribution in [0.1, 0.15) is 20.7 Å². The van der Waals surface area contributed by atoms with E-state index in [0.717, 1.165) is 11.3 Å². The van der Waals surface area contributed by atoms with Crippen molar-refractivity contribution in [2.75, 3.05) is 25.5 Å². The predicted molar refractivity (Wildman–Crippen MR) is 116 cm³/mol. The number of para-hydroxylation sites is 1. The average molecular weight is 462 g/mol. The number of thiophene rings is 1. The number of sulfonamides is 1. The molecule has 10 heteroatoms. The van der Waals surface area contributed by atoms with Crippen molar-refractivity contribution in [1.29, 1.82) is 0 Å². The lowest BCUT2D eigenvalue weighted by Crippen LogP contribution is -2.18. The summed E-state index contributed by atoms with van der Waals surface area (Å²) in [7, 11) is -0.952. The molecule has 2 aromatic carbocycles. The fraction of sp³-hybridized carbons (Fsp3) is 0.143. The maximum Gasteiger partial charge on any atom is 0.340 e. The van der Waals surface area contributed by atoms with Crippen LogP contribution in [0.4, 0.5) is 5.69 Å². The molecule has 0 aliphatic rings. The Bertz CT molecular complexity index is 1190. The van der Waals surface area contributed by atoms with Gasteiger partial charge in [0.05, 0.1) is 31.0 Å². The average Bonchev–Trinajstić information content (AvgIpc) is 3.33. The quantitative estimate of drug-likeness (QED) is 0.383. The van der Waals surface area contributed by atoms with Crippen LogP contribution < -0.4 is 14.2 Å². The van der Waals surface area contributed by atoms with E-state index < -0.39 is 28.4 Å². The maximum absolute atomic E-state index is 12.6. The first kappa shape index (κ1) is 22.3. The summed E-state index contributed by atoms with van der Waals surface area (Å²) in [6.45, 7) is -0.548. The molecule has 0 aliphatic heterocycles. The van der Waals surface area contributed by atoms with Gasteiger partial charge in [0.1, 0.15) is 15.7 Å². The second-order valence-electron chi connectivity index (χ2n) is 6.15. The molecular formula is C21H19NO7S2. The third kappa shape index (κ3) is 5.22. The van der Waals surface area contributed by atoms with Crippen molar-refractivity contribution >= 4 is 38.8 Å². The van der Waals surface area contributed by atoms with Crippen LogP contribution in [0.2, 0.25) is 0 Å². The normalized spacial score (nSPS) is 10.9. The van der Waals surface area contributed by atoms with E-state index in [9.17, 15) is 18.0 Å². The van der Waals surface area contributed by atoms with Crippen LogP contribution in [0.5, 0.6) is 11.5 Å². The molecule has 0 bridgehead atoms. The van der Waals surface area contributed by atoms with Gasteiger partial charge < -0.3 is 14.2 Å². The number of anilines is 1. The van der Waals surface area contributed by atoms with Crippen molar-refractivity contribution < 1.29 is 32.2 Å². The Labute approximate surface area is 183 Å². The van der Waals surface area contributed by atoms with E-state index in [1.54, 1.807) is 35.7 Å². The van der Waals surface area contributed by atoms with Crippen molar-refractivity contribution in [2.24, 2.45) is 0 Å². The first-order chi connectivity index (χ1) is 14.9. The third-order valence-electron chi connectivity index (χ3n) is 4.19. The summed E-state index contributed by atoms with van der Waals surface area (Å²) in [6, 6.07) is 13.7. The van der Waals surface area contributed by atoms with Gasteiger partial charge in [-0.2, -0.15) is 0 Å². The zero-order valence-corrected chi connectivity index (χ0v) is 18.3. The highest BCUT2D eigenvalue weighted by Gasteiger charge is 2.21. The highest BCUT2D eigenvalue weighted by molar-refractivity contribution is 7.94. The van der Waals surface area contributed by atoms with Gasteiger partial charge in [-0.15, -0.1) is 11.3 Å². The Hall–Kier alpha value is -3.37. The van der Waals surface area contributed by atoms with E-state index in [4.69, 9.17) is 14.2 Å². The first-order valence-corrected chi connectivity index (χ1v) is 11.3. The number of nitrogens with one attached hydrogen (secondary N) is 1. The van der Waals surface area contributed by atoms with Crippen LogP contribution in [0.3, 0.4) is 0 Å². The number of hydrogen-bond donors (Lipinski definition) is 1. The second kappa shape index (κ2) is 9.63. The van der Waals surface area contributed by atoms with Crippen LogP contribution in [0, 0.1) is 0 Å². The van der Waals surface area contributed by atoms with E-state index >= 15 is 0 Å². The maximum atomic E-state index is 12.6. The number of benzene rings is 2. The van der Waals surface area contributed by atoms with E-state index in [1.807, 2.05) is 0 Å². The Balaban J connectivity index is 1.74. The second-order valence-corrected chi connectivity index (χ2v) is 9.01. The number of ether oxygens (including phenoxy) is 3. The van der Waals surface area contributed by atoms with Crippen LogP contribution in [-0.2, 0) is 14.8 Å². The third-order valence-corrected chi connectivity index (χ3v) is 6.96. The molecule has 0 atom stereocenters. The number of esters is 1. The van der Waals surface area contributed by atoms with Crippen molar-refractivity contribution in [1.82, 2.24) is 0 Å². The Morgan fingerprint density at radius 3 is 2.42 bits per heavy atom. The number of ketones is 1. The fourth-order valence-corrected chi connectivity index (χ4v) is 4.75. The molecule has 0 fully saturated rings. The standard InChI is InChI=1S/C21H19NO7S2/c1-27-14-9-10-16(19(12-14)28-2)18(23)13-29-21(24)15-6-3-4-7-17(15)22-31(25,26)20-8-5-11-30-20/h3-12,22H,13H2,1-2H3. The lowest BCUT2D eigenvalue weighted by Gasteiger charge is -2.12. The molecule has 1 aromatic heterocycles. The van der Waals surface area contributed by atoms with Gasteiger partial charge in [0.25, 0.3) is 10.0 Å². The lowest BCUT2D eigenvalue weighted by atomic mass is 10.1. The van der Waals surface area contributed by atoms with Gasteiger partial charge in [0, 0.05) is 6.07 Å². The molecule has 1 heterocycles. The molecular weight excluding hydrogens is 442 g/mol. The molecule has 1 N–H and O–H groups in total. The molecule has 3 rings (SSSR count). The van der Waals surface area contributed by atoms with Gasteiger partial charge in [-0.1, -0.05) is 18.2 Å². The minimum absolute atomic E-state index is 0.0165. The van der Waals surface area contributed by atoms with Crippen LogP contribution in [0.25, 0.3) is 0 Å². The smallest absolute Gasteiger partial charge is 0.340 e. The van der Waals surface area contributed by atoms with Gasteiger partial charge in [0.15, 0.2) is 6.61 Å². The van der Waals surface area contributed by atoms with Crippen molar-refractivity contribution in [3.63, 3.8) is 0 Å². The molecule has 0 amide bonds. The molecule has 0 aliphatic carbocycles. The number of rotatable bonds is 9. The zero-order chi connectivity index (χ0) is 22.4. The minimum Gasteiger partial charge on any atom is -0.497 e. The van der Waals surface area contributed by atoms with Gasteiger partial charge in [-0.3, -0.25) is 9.52 Å². The van der Waals surface area contributed by atoms with Gasteiger partial charge in [-0.05, 0) is 35.7 Å². The van der Waals surface area contributed by atoms with E-state index in [1.165, 1.54) is 38.5 Å². The number of hydrogen-bond acceptors (Lipinski definition) is 8. The molecule has 0 saturated heterocycles. The number of carbonyl (C=O) groups excluding carboxylic acids is 2. The monoisotopic (exact) mass is 461 g/mol. The summed E-state index contributed by atoms with van der Waals surface area (Å²) in [6.07, 6.45) is 0. The largest absolute Gasteiger partial charge is 0.497 e. The highest BCUT2D eigenvalue weighted by atomic mass is 32.2. The molecule has 0 radical (unpaired) electrons. The summed E-state index contributed by atoms with van der Waals surface area (Å²) < 4.78 is 42.9. The van der Waals surface area contributed by atoms with Gasteiger partial charge >= 0.3 is 5.97 Å². The highest BCUT2D eigenvalue weighted by Crippen LogP contribution is 2.26. The summed E-state index contributed by atoms with van der Waals surface area (Å²) >= 11 is 1.05. The van der Waals surface area contributed by atoms with Crippen molar-refractivity contribution in [3.8, 4) is 11.5 Å². The molecule has 31 heavy (non-hydrogen) atoms. The molecule has 0 unspecified atom stereocenters. The fourth-order valence-electron chi connectivity index (χ4n) is 2.68. The first-order valence-electron chi connectivity index (χ1n) is 8.93. The van der Waals surface area contributed by atoms with Crippen molar-refractivity contribution in [2.45, 2.75) is 4.21 Å². The molecule has 0 spiro atoms. The Morgan fingerprint density at radius 1 is 0.968 bits per heavy atom. The van der Waals surface area contributed by atoms with Crippen molar-refractivity contribution in [3.05, 3.63) is 71.1 Å². The summed E-state index contributed by atoms with van der Waals surface area (Å²) in [4.78, 5) is 25.1. The lowest BCUT2D eigenvalue weighted by molar-refractivity contribution is 0.0475. The molecule has 162 valence electrons. The summed E-state index contributed by atoms with van der Waals surface area (Å²) in [5.74, 6) is -0.531. The van der Waals surface area contributed by atoms with Gasteiger partial charge in [-0.25, -0.2) is 13.2 Å². The van der Waals surface area contributed by atoms with E-state index in [2.05, 4.69) is 4.72 Å². The van der Waals surface area contributed by atoms with Crippen LogP contribution in [0.15, 0.2) is 64.2 Å². The number of Topliss-reactive ketones (excluding diaryl/α,β-unsaturated/α-hetero) is 1. The SMILES string of the molecule is COc1ccc(C(=O)COC(=O)c2ccccc2NS(=O)(=O)c2cccs2)c(OC)c1. The topological polar surface area (TPSA) is 108 Å². The zero-order valence-electron chi connectivity index (χ0n) is 16.7. The molecule has 8 nitrogen and oxygen atoms in total. The van der Waals surface area contributed by atoms with E-state index in [0.29, 0.717) is 5.75 Å². The minimum atomic E-state index is -3.85. The molecule has 0 saturated carbocycles. The number of carbonyl (C=O) groups is 2. The summed E-state index contributed by atoms with van der Waals surface area (Å²) in [5, 5.41) is 1.63. The molecule has 3 aromatic rings.